The Morgan fingerprint density at radius 2 is 1.88 bits per heavy atom. The van der Waals surface area contributed by atoms with Crippen LogP contribution in [0.2, 0.25) is 0 Å². The summed E-state index contributed by atoms with van der Waals surface area (Å²) in [7, 11) is 3.24. The van der Waals surface area contributed by atoms with Crippen LogP contribution in [0, 0.1) is 0 Å². The lowest BCUT2D eigenvalue weighted by Crippen LogP contribution is -2.24. The molecule has 24 heavy (non-hydrogen) atoms. The Hall–Kier alpha value is -1.14. The maximum absolute atomic E-state index is 12.8. The summed E-state index contributed by atoms with van der Waals surface area (Å²) < 4.78 is 10.9. The first-order valence-corrected chi connectivity index (χ1v) is 10.1. The number of carbonyl (C=O) groups is 1. The minimum Gasteiger partial charge on any atom is -0.493 e. The zero-order valence-corrected chi connectivity index (χ0v) is 16.0. The molecule has 1 aromatic carbocycles. The van der Waals surface area contributed by atoms with Crippen molar-refractivity contribution in [1.29, 1.82) is 0 Å². The fourth-order valence-electron chi connectivity index (χ4n) is 3.12. The van der Waals surface area contributed by atoms with Gasteiger partial charge in [0.25, 0.3) is 0 Å². The molecule has 0 unspecified atom stereocenters. The molecule has 1 aromatic rings. The summed E-state index contributed by atoms with van der Waals surface area (Å²) in [5, 5.41) is 0. The fraction of sp³-hybridized carbons (Fsp3) is 0.556. The molecule has 6 heteroatoms. The van der Waals surface area contributed by atoms with Gasteiger partial charge in [0.2, 0.25) is 0 Å². The first kappa shape index (κ1) is 17.7. The Morgan fingerprint density at radius 1 is 1.21 bits per heavy atom. The van der Waals surface area contributed by atoms with Crippen LogP contribution in [0.5, 0.6) is 11.5 Å². The first-order chi connectivity index (χ1) is 11.6. The van der Waals surface area contributed by atoms with E-state index in [1.165, 1.54) is 11.5 Å². The van der Waals surface area contributed by atoms with Gasteiger partial charge in [0.15, 0.2) is 17.3 Å². The number of nitrogens with zero attached hydrogens (tertiary/aromatic N) is 1. The predicted molar refractivity (Wildman–Crippen MR) is 102 cm³/mol. The number of rotatable bonds is 6. The standard InChI is InChI=1S/C18H23NO3S2/c1-18(23-8-9-24-18)6-4-14(20)17-13-11-16(22-3)15(21-2)10-12(13)5-7-19-17/h10-11H,4-9H2,1-3H3. The van der Waals surface area contributed by atoms with Gasteiger partial charge in [-0.3, -0.25) is 9.79 Å². The summed E-state index contributed by atoms with van der Waals surface area (Å²) in [6.45, 7) is 2.90. The minimum absolute atomic E-state index is 0.137. The van der Waals surface area contributed by atoms with Gasteiger partial charge in [-0.25, -0.2) is 0 Å². The lowest BCUT2D eigenvalue weighted by molar-refractivity contribution is -0.113. The molecule has 1 fully saturated rings. The molecular formula is C18H23NO3S2. The summed E-state index contributed by atoms with van der Waals surface area (Å²) >= 11 is 3.93. The molecule has 0 N–H and O–H groups in total. The van der Waals surface area contributed by atoms with Crippen molar-refractivity contribution in [2.24, 2.45) is 4.99 Å². The van der Waals surface area contributed by atoms with Crippen LogP contribution in [0.25, 0.3) is 0 Å². The number of hydrogen-bond acceptors (Lipinski definition) is 6. The monoisotopic (exact) mass is 365 g/mol. The number of Topliss-reactive ketones (excluding diaryl/α,β-unsaturated/α-hetero) is 1. The lowest BCUT2D eigenvalue weighted by Gasteiger charge is -2.22. The van der Waals surface area contributed by atoms with E-state index >= 15 is 0 Å². The van der Waals surface area contributed by atoms with E-state index in [-0.39, 0.29) is 9.86 Å². The average molecular weight is 366 g/mol. The highest BCUT2D eigenvalue weighted by Crippen LogP contribution is 2.46. The minimum atomic E-state index is 0.137. The largest absolute Gasteiger partial charge is 0.493 e. The maximum Gasteiger partial charge on any atom is 0.181 e. The number of fused-ring (bicyclic) bond motifs is 1. The van der Waals surface area contributed by atoms with Crippen molar-refractivity contribution in [3.05, 3.63) is 23.3 Å². The van der Waals surface area contributed by atoms with E-state index in [0.29, 0.717) is 30.2 Å². The molecule has 0 saturated carbocycles. The topological polar surface area (TPSA) is 47.9 Å². The van der Waals surface area contributed by atoms with Crippen LogP contribution < -0.4 is 9.47 Å². The van der Waals surface area contributed by atoms with Gasteiger partial charge in [0, 0.05) is 30.0 Å². The number of ketones is 1. The zero-order valence-electron chi connectivity index (χ0n) is 14.4. The van der Waals surface area contributed by atoms with Gasteiger partial charge in [-0.05, 0) is 37.5 Å². The van der Waals surface area contributed by atoms with Gasteiger partial charge in [0.1, 0.15) is 5.71 Å². The molecule has 0 spiro atoms. The van der Waals surface area contributed by atoms with E-state index in [1.54, 1.807) is 14.2 Å². The van der Waals surface area contributed by atoms with Crippen molar-refractivity contribution in [1.82, 2.24) is 0 Å². The molecule has 0 atom stereocenters. The highest BCUT2D eigenvalue weighted by atomic mass is 32.2. The zero-order chi connectivity index (χ0) is 17.2. The number of benzene rings is 1. The second kappa shape index (κ2) is 7.40. The van der Waals surface area contributed by atoms with Crippen LogP contribution in [0.4, 0.5) is 0 Å². The fourth-order valence-corrected chi connectivity index (χ4v) is 5.98. The number of ether oxygens (including phenoxy) is 2. The SMILES string of the molecule is COc1cc2c(cc1OC)C(C(=O)CCC1(C)SCCS1)=NCC2. The molecule has 4 nitrogen and oxygen atoms in total. The number of thioether (sulfide) groups is 2. The summed E-state index contributed by atoms with van der Waals surface area (Å²) in [5.74, 6) is 3.84. The van der Waals surface area contributed by atoms with Crippen molar-refractivity contribution in [3.8, 4) is 11.5 Å². The van der Waals surface area contributed by atoms with Crippen molar-refractivity contribution < 1.29 is 14.3 Å². The van der Waals surface area contributed by atoms with E-state index in [4.69, 9.17) is 9.47 Å². The molecule has 0 amide bonds. The van der Waals surface area contributed by atoms with Crippen LogP contribution in [-0.4, -0.2) is 47.8 Å². The number of hydrogen-bond donors (Lipinski definition) is 0. The molecule has 2 aliphatic rings. The van der Waals surface area contributed by atoms with E-state index in [1.807, 2.05) is 35.7 Å². The summed E-state index contributed by atoms with van der Waals surface area (Å²) in [5.41, 5.74) is 2.62. The second-order valence-electron chi connectivity index (χ2n) is 6.10. The van der Waals surface area contributed by atoms with Gasteiger partial charge < -0.3 is 9.47 Å². The highest BCUT2D eigenvalue weighted by molar-refractivity contribution is 8.21. The molecule has 2 heterocycles. The Kier molecular flexibility index (Phi) is 5.45. The van der Waals surface area contributed by atoms with Crippen LogP contribution in [0.3, 0.4) is 0 Å². The maximum atomic E-state index is 12.8. The summed E-state index contributed by atoms with van der Waals surface area (Å²) in [6.07, 6.45) is 2.27. The van der Waals surface area contributed by atoms with Gasteiger partial charge in [0.05, 0.1) is 18.3 Å². The predicted octanol–water partition coefficient (Wildman–Crippen LogP) is 3.59. The van der Waals surface area contributed by atoms with E-state index < -0.39 is 0 Å². The van der Waals surface area contributed by atoms with Crippen molar-refractivity contribution >= 4 is 35.0 Å². The Morgan fingerprint density at radius 3 is 2.54 bits per heavy atom. The molecule has 3 rings (SSSR count). The van der Waals surface area contributed by atoms with Crippen molar-refractivity contribution in [2.75, 3.05) is 32.3 Å². The third-order valence-electron chi connectivity index (χ3n) is 4.48. The Bertz CT molecular complexity index is 666. The molecule has 0 aromatic heterocycles. The van der Waals surface area contributed by atoms with Crippen molar-refractivity contribution in [2.45, 2.75) is 30.3 Å². The quantitative estimate of drug-likeness (QED) is 0.771. The third-order valence-corrected chi connectivity index (χ3v) is 7.90. The summed E-state index contributed by atoms with van der Waals surface area (Å²) in [4.78, 5) is 17.3. The summed E-state index contributed by atoms with van der Waals surface area (Å²) in [6, 6.07) is 3.87. The molecule has 2 aliphatic heterocycles. The molecule has 130 valence electrons. The van der Waals surface area contributed by atoms with Crippen LogP contribution in [-0.2, 0) is 11.2 Å². The highest BCUT2D eigenvalue weighted by Gasteiger charge is 2.32. The van der Waals surface area contributed by atoms with Crippen LogP contribution in [0.15, 0.2) is 17.1 Å². The molecule has 0 radical (unpaired) electrons. The van der Waals surface area contributed by atoms with Gasteiger partial charge >= 0.3 is 0 Å². The number of carbonyl (C=O) groups excluding carboxylic acids is 1. The van der Waals surface area contributed by atoms with Gasteiger partial charge in [-0.1, -0.05) is 0 Å². The molecule has 0 bridgehead atoms. The number of methoxy groups -OCH3 is 2. The molecular weight excluding hydrogens is 342 g/mol. The van der Waals surface area contributed by atoms with Crippen LogP contribution >= 0.6 is 23.5 Å². The Labute approximate surface area is 151 Å². The van der Waals surface area contributed by atoms with Gasteiger partial charge in [-0.2, -0.15) is 0 Å². The average Bonchev–Trinajstić information content (AvgIpc) is 3.04. The first-order valence-electron chi connectivity index (χ1n) is 8.17. The van der Waals surface area contributed by atoms with Gasteiger partial charge in [-0.15, -0.1) is 23.5 Å². The smallest absolute Gasteiger partial charge is 0.181 e. The molecule has 0 aliphatic carbocycles. The van der Waals surface area contributed by atoms with Crippen LogP contribution in [0.1, 0.15) is 30.9 Å². The lowest BCUT2D eigenvalue weighted by atomic mass is 9.93. The Balaban J connectivity index is 1.80. The van der Waals surface area contributed by atoms with Crippen molar-refractivity contribution in [3.63, 3.8) is 0 Å². The van der Waals surface area contributed by atoms with E-state index in [2.05, 4.69) is 11.9 Å². The second-order valence-corrected chi connectivity index (χ2v) is 9.55. The van der Waals surface area contributed by atoms with E-state index in [9.17, 15) is 4.79 Å². The van der Waals surface area contributed by atoms with E-state index in [0.717, 1.165) is 24.0 Å². The molecule has 1 saturated heterocycles. The normalized spacial score (nSPS) is 18.7. The number of aliphatic imine (C=N–C) groups is 1. The third kappa shape index (κ3) is 3.59.